The highest BCUT2D eigenvalue weighted by molar-refractivity contribution is 5.39. The van der Waals surface area contributed by atoms with Gasteiger partial charge in [-0.2, -0.15) is 10.4 Å². The van der Waals surface area contributed by atoms with Gasteiger partial charge in [0.1, 0.15) is 12.0 Å². The topological polar surface area (TPSA) is 80.6 Å². The molecule has 2 atom stereocenters. The molecule has 0 spiro atoms. The Morgan fingerprint density at radius 2 is 2.25 bits per heavy atom. The van der Waals surface area contributed by atoms with Crippen LogP contribution >= 0.6 is 0 Å². The molecule has 6 nitrogen and oxygen atoms in total. The number of aryl methyl sites for hydroxylation is 1. The van der Waals surface area contributed by atoms with Crippen molar-refractivity contribution in [2.45, 2.75) is 38.6 Å². The quantitative estimate of drug-likeness (QED) is 0.877. The first-order valence-corrected chi connectivity index (χ1v) is 8.02. The number of H-pyrrole nitrogens is 1. The standard InChI is InChI=1S/C17H21FN6/c1-11-3-4-12(5-13(11)7-19)9-24(2)10-16-21-17(23-22-16)15-6-14(18)8-20-15/h3-5,14-15,20H,6,8-10H2,1-2H3,(H,21,22,23)/t14-,15+/m0/s1. The van der Waals surface area contributed by atoms with Gasteiger partial charge in [0.05, 0.1) is 24.2 Å². The minimum atomic E-state index is -0.824. The Bertz CT molecular complexity index is 750. The molecular weight excluding hydrogens is 307 g/mol. The van der Waals surface area contributed by atoms with Crippen molar-refractivity contribution < 1.29 is 4.39 Å². The molecule has 2 heterocycles. The highest BCUT2D eigenvalue weighted by Gasteiger charge is 2.27. The summed E-state index contributed by atoms with van der Waals surface area (Å²) in [5.74, 6) is 1.38. The van der Waals surface area contributed by atoms with Crippen molar-refractivity contribution in [2.24, 2.45) is 0 Å². The Balaban J connectivity index is 1.60. The first kappa shape index (κ1) is 16.6. The molecule has 1 aliphatic rings. The van der Waals surface area contributed by atoms with Gasteiger partial charge in [-0.05, 0) is 31.2 Å². The number of nitrogens with zero attached hydrogens (tertiary/aromatic N) is 4. The van der Waals surface area contributed by atoms with Gasteiger partial charge in [0.2, 0.25) is 0 Å². The molecule has 2 aromatic rings. The lowest BCUT2D eigenvalue weighted by atomic mass is 10.1. The number of nitriles is 1. The summed E-state index contributed by atoms with van der Waals surface area (Å²) in [5.41, 5.74) is 2.77. The summed E-state index contributed by atoms with van der Waals surface area (Å²) in [6.45, 7) is 3.61. The van der Waals surface area contributed by atoms with Crippen molar-refractivity contribution in [1.29, 1.82) is 5.26 Å². The molecule has 7 heteroatoms. The summed E-state index contributed by atoms with van der Waals surface area (Å²) in [6, 6.07) is 8.02. The van der Waals surface area contributed by atoms with Crippen molar-refractivity contribution in [3.63, 3.8) is 0 Å². The highest BCUT2D eigenvalue weighted by atomic mass is 19.1. The second kappa shape index (κ2) is 7.07. The molecule has 0 bridgehead atoms. The maximum Gasteiger partial charge on any atom is 0.167 e. The van der Waals surface area contributed by atoms with E-state index >= 15 is 0 Å². The van der Waals surface area contributed by atoms with Crippen LogP contribution in [0.2, 0.25) is 0 Å². The Labute approximate surface area is 140 Å². The predicted octanol–water partition coefficient (Wildman–Crippen LogP) is 1.99. The molecule has 0 amide bonds. The van der Waals surface area contributed by atoms with E-state index in [9.17, 15) is 4.39 Å². The largest absolute Gasteiger partial charge is 0.304 e. The van der Waals surface area contributed by atoms with E-state index in [0.717, 1.165) is 17.0 Å². The van der Waals surface area contributed by atoms with E-state index in [-0.39, 0.29) is 6.04 Å². The SMILES string of the molecule is Cc1ccc(CN(C)Cc2nc([C@H]3C[C@H](F)CN3)n[nH]2)cc1C#N. The fourth-order valence-corrected chi connectivity index (χ4v) is 2.94. The van der Waals surface area contributed by atoms with Gasteiger partial charge < -0.3 is 5.32 Å². The van der Waals surface area contributed by atoms with Gasteiger partial charge in [-0.25, -0.2) is 9.37 Å². The van der Waals surface area contributed by atoms with Gasteiger partial charge in [-0.1, -0.05) is 12.1 Å². The summed E-state index contributed by atoms with van der Waals surface area (Å²) in [4.78, 5) is 6.56. The van der Waals surface area contributed by atoms with E-state index in [1.807, 2.05) is 32.2 Å². The third-order valence-corrected chi connectivity index (χ3v) is 4.23. The second-order valence-corrected chi connectivity index (χ2v) is 6.37. The molecule has 24 heavy (non-hydrogen) atoms. The molecule has 1 aromatic carbocycles. The van der Waals surface area contributed by atoms with E-state index < -0.39 is 6.17 Å². The number of aromatic nitrogens is 3. The zero-order valence-electron chi connectivity index (χ0n) is 13.9. The number of aromatic amines is 1. The van der Waals surface area contributed by atoms with Crippen LogP contribution in [-0.2, 0) is 13.1 Å². The third-order valence-electron chi connectivity index (χ3n) is 4.23. The van der Waals surface area contributed by atoms with Crippen LogP contribution in [0, 0.1) is 18.3 Å². The molecular formula is C17H21FN6. The van der Waals surface area contributed by atoms with Crippen molar-refractivity contribution in [3.05, 3.63) is 46.5 Å². The van der Waals surface area contributed by atoms with E-state index in [1.54, 1.807) is 0 Å². The molecule has 2 N–H and O–H groups in total. The molecule has 1 aliphatic heterocycles. The molecule has 1 aromatic heterocycles. The van der Waals surface area contributed by atoms with Crippen LogP contribution in [0.15, 0.2) is 18.2 Å². The van der Waals surface area contributed by atoms with Crippen molar-refractivity contribution in [2.75, 3.05) is 13.6 Å². The molecule has 0 aliphatic carbocycles. The maximum atomic E-state index is 13.2. The van der Waals surface area contributed by atoms with E-state index in [1.165, 1.54) is 0 Å². The number of alkyl halides is 1. The smallest absolute Gasteiger partial charge is 0.167 e. The fourth-order valence-electron chi connectivity index (χ4n) is 2.94. The molecule has 0 unspecified atom stereocenters. The number of benzene rings is 1. The van der Waals surface area contributed by atoms with E-state index in [4.69, 9.17) is 5.26 Å². The molecule has 1 fully saturated rings. The summed E-state index contributed by atoms with van der Waals surface area (Å²) < 4.78 is 13.2. The van der Waals surface area contributed by atoms with Crippen LogP contribution in [0.5, 0.6) is 0 Å². The zero-order valence-corrected chi connectivity index (χ0v) is 13.9. The number of hydrogen-bond acceptors (Lipinski definition) is 5. The highest BCUT2D eigenvalue weighted by Crippen LogP contribution is 2.22. The average molecular weight is 328 g/mol. The van der Waals surface area contributed by atoms with Crippen molar-refractivity contribution in [3.8, 4) is 6.07 Å². The first-order chi connectivity index (χ1) is 11.5. The number of halogens is 1. The summed E-state index contributed by atoms with van der Waals surface area (Å²) in [6.07, 6.45) is -0.400. The van der Waals surface area contributed by atoms with Crippen LogP contribution in [0.1, 0.15) is 40.8 Å². The molecule has 0 radical (unpaired) electrons. The summed E-state index contributed by atoms with van der Waals surface area (Å²) in [7, 11) is 1.99. The Kier molecular flexibility index (Phi) is 4.88. The molecule has 3 rings (SSSR count). The van der Waals surface area contributed by atoms with Gasteiger partial charge >= 0.3 is 0 Å². The Morgan fingerprint density at radius 1 is 1.42 bits per heavy atom. The minimum absolute atomic E-state index is 0.106. The zero-order chi connectivity index (χ0) is 17.1. The van der Waals surface area contributed by atoms with Crippen molar-refractivity contribution >= 4 is 0 Å². The number of nitrogens with one attached hydrogen (secondary N) is 2. The van der Waals surface area contributed by atoms with Crippen LogP contribution in [0.4, 0.5) is 4.39 Å². The van der Waals surface area contributed by atoms with E-state index in [0.29, 0.717) is 37.4 Å². The average Bonchev–Trinajstić information content (AvgIpc) is 3.18. The lowest BCUT2D eigenvalue weighted by Gasteiger charge is -2.15. The Hall–Kier alpha value is -2.30. The predicted molar refractivity (Wildman–Crippen MR) is 87.7 cm³/mol. The number of rotatable bonds is 5. The van der Waals surface area contributed by atoms with E-state index in [2.05, 4.69) is 31.5 Å². The minimum Gasteiger partial charge on any atom is -0.304 e. The molecule has 1 saturated heterocycles. The lowest BCUT2D eigenvalue weighted by molar-refractivity contribution is 0.311. The monoisotopic (exact) mass is 328 g/mol. The van der Waals surface area contributed by atoms with Gasteiger partial charge in [-0.15, -0.1) is 0 Å². The third kappa shape index (κ3) is 3.78. The maximum absolute atomic E-state index is 13.2. The van der Waals surface area contributed by atoms with Gasteiger partial charge in [0.25, 0.3) is 0 Å². The molecule has 126 valence electrons. The van der Waals surface area contributed by atoms with Gasteiger partial charge in [0, 0.05) is 19.5 Å². The summed E-state index contributed by atoms with van der Waals surface area (Å²) in [5, 5.41) is 19.3. The van der Waals surface area contributed by atoms with Crippen LogP contribution in [0.25, 0.3) is 0 Å². The van der Waals surface area contributed by atoms with Gasteiger partial charge in [-0.3, -0.25) is 10.00 Å². The Morgan fingerprint density at radius 3 is 2.96 bits per heavy atom. The lowest BCUT2D eigenvalue weighted by Crippen LogP contribution is -2.18. The fraction of sp³-hybridized carbons (Fsp3) is 0.471. The first-order valence-electron chi connectivity index (χ1n) is 8.02. The van der Waals surface area contributed by atoms with Gasteiger partial charge in [0.15, 0.2) is 5.82 Å². The second-order valence-electron chi connectivity index (χ2n) is 6.37. The molecule has 0 saturated carbocycles. The van der Waals surface area contributed by atoms with Crippen LogP contribution < -0.4 is 5.32 Å². The van der Waals surface area contributed by atoms with Crippen molar-refractivity contribution in [1.82, 2.24) is 25.4 Å². The normalized spacial score (nSPS) is 20.5. The number of hydrogen-bond donors (Lipinski definition) is 2. The summed E-state index contributed by atoms with van der Waals surface area (Å²) >= 11 is 0. The van der Waals surface area contributed by atoms with Crippen LogP contribution in [-0.4, -0.2) is 39.8 Å². The van der Waals surface area contributed by atoms with Crippen LogP contribution in [0.3, 0.4) is 0 Å².